The Kier molecular flexibility index (Phi) is 5.62. The molecule has 0 radical (unpaired) electrons. The smallest absolute Gasteiger partial charge is 0.420 e. The lowest BCUT2D eigenvalue weighted by molar-refractivity contribution is -0.132. The number of benzene rings is 2. The first kappa shape index (κ1) is 20.6. The molecular formula is C20H18Cl2FN3O4. The molecule has 0 aliphatic carbocycles. The van der Waals surface area contributed by atoms with Crippen molar-refractivity contribution < 1.29 is 18.3 Å². The molecule has 0 N–H and O–H groups in total. The minimum absolute atomic E-state index is 0.142. The molecule has 1 aliphatic heterocycles. The number of rotatable bonds is 4. The van der Waals surface area contributed by atoms with Crippen molar-refractivity contribution in [2.75, 3.05) is 38.2 Å². The van der Waals surface area contributed by atoms with Gasteiger partial charge in [0.1, 0.15) is 18.1 Å². The van der Waals surface area contributed by atoms with E-state index >= 15 is 0 Å². The first-order chi connectivity index (χ1) is 14.4. The average Bonchev–Trinajstić information content (AvgIpc) is 3.02. The largest absolute Gasteiger partial charge is 0.495 e. The van der Waals surface area contributed by atoms with Crippen molar-refractivity contribution in [3.63, 3.8) is 0 Å². The van der Waals surface area contributed by atoms with E-state index in [2.05, 4.69) is 0 Å². The molecule has 1 aromatic heterocycles. The number of ether oxygens (including phenoxy) is 1. The number of nitrogens with zero attached hydrogens (tertiary/aromatic N) is 3. The molecule has 1 amide bonds. The third kappa shape index (κ3) is 3.85. The number of carbonyl (C=O) groups excluding carboxylic acids is 1. The van der Waals surface area contributed by atoms with Crippen molar-refractivity contribution in [2.45, 2.75) is 6.54 Å². The fraction of sp³-hybridized carbons (Fsp3) is 0.300. The quantitative estimate of drug-likeness (QED) is 0.605. The zero-order valence-electron chi connectivity index (χ0n) is 16.0. The van der Waals surface area contributed by atoms with Crippen LogP contribution >= 0.6 is 23.2 Å². The minimum Gasteiger partial charge on any atom is -0.495 e. The van der Waals surface area contributed by atoms with E-state index in [9.17, 15) is 14.0 Å². The van der Waals surface area contributed by atoms with Gasteiger partial charge in [-0.3, -0.25) is 9.36 Å². The number of methoxy groups -OCH3 is 1. The van der Waals surface area contributed by atoms with Crippen LogP contribution in [-0.4, -0.2) is 48.7 Å². The van der Waals surface area contributed by atoms with E-state index in [4.69, 9.17) is 32.4 Å². The molecule has 10 heteroatoms. The van der Waals surface area contributed by atoms with E-state index in [0.29, 0.717) is 53.7 Å². The maximum Gasteiger partial charge on any atom is 0.420 e. The van der Waals surface area contributed by atoms with Crippen LogP contribution in [0.25, 0.3) is 11.1 Å². The van der Waals surface area contributed by atoms with Gasteiger partial charge in [-0.05, 0) is 18.2 Å². The Morgan fingerprint density at radius 1 is 1.17 bits per heavy atom. The topological polar surface area (TPSA) is 67.9 Å². The molecular weight excluding hydrogens is 436 g/mol. The van der Waals surface area contributed by atoms with E-state index in [1.54, 1.807) is 23.1 Å². The van der Waals surface area contributed by atoms with Gasteiger partial charge in [0.05, 0.1) is 23.3 Å². The number of fused-ring (bicyclic) bond motifs is 1. The van der Waals surface area contributed by atoms with E-state index in [1.807, 2.05) is 4.90 Å². The van der Waals surface area contributed by atoms with Gasteiger partial charge in [0.15, 0.2) is 5.58 Å². The second-order valence-corrected chi connectivity index (χ2v) is 7.72. The number of hydrogen-bond donors (Lipinski definition) is 0. The van der Waals surface area contributed by atoms with E-state index in [-0.39, 0.29) is 17.5 Å². The minimum atomic E-state index is -0.616. The highest BCUT2D eigenvalue weighted by Crippen LogP contribution is 2.32. The molecule has 1 saturated heterocycles. The fourth-order valence-electron chi connectivity index (χ4n) is 3.54. The van der Waals surface area contributed by atoms with Gasteiger partial charge in [-0.2, -0.15) is 0 Å². The summed E-state index contributed by atoms with van der Waals surface area (Å²) in [6.07, 6.45) is 0. The van der Waals surface area contributed by atoms with Gasteiger partial charge in [0.2, 0.25) is 5.91 Å². The Bertz CT molecular complexity index is 1170. The Morgan fingerprint density at radius 3 is 2.60 bits per heavy atom. The molecule has 7 nitrogen and oxygen atoms in total. The molecule has 1 aliphatic rings. The first-order valence-corrected chi connectivity index (χ1v) is 9.97. The number of anilines is 1. The van der Waals surface area contributed by atoms with Crippen LogP contribution in [0.15, 0.2) is 39.5 Å². The molecule has 0 bridgehead atoms. The number of hydrogen-bond acceptors (Lipinski definition) is 5. The Hall–Kier alpha value is -2.71. The molecule has 0 saturated carbocycles. The number of halogens is 3. The predicted molar refractivity (Wildman–Crippen MR) is 112 cm³/mol. The number of carbonyl (C=O) groups is 1. The summed E-state index contributed by atoms with van der Waals surface area (Å²) in [5.74, 6) is -0.897. The van der Waals surface area contributed by atoms with Gasteiger partial charge in [-0.25, -0.2) is 9.18 Å². The highest BCUT2D eigenvalue weighted by molar-refractivity contribution is 6.32. The van der Waals surface area contributed by atoms with Gasteiger partial charge in [0.25, 0.3) is 0 Å². The van der Waals surface area contributed by atoms with E-state index in [1.165, 1.54) is 23.8 Å². The average molecular weight is 454 g/mol. The van der Waals surface area contributed by atoms with Crippen LogP contribution in [0, 0.1) is 5.82 Å². The maximum absolute atomic E-state index is 14.4. The van der Waals surface area contributed by atoms with Crippen LogP contribution in [-0.2, 0) is 11.3 Å². The molecule has 0 atom stereocenters. The van der Waals surface area contributed by atoms with Crippen LogP contribution in [0.2, 0.25) is 10.0 Å². The molecule has 2 heterocycles. The monoisotopic (exact) mass is 453 g/mol. The molecule has 3 aromatic rings. The van der Waals surface area contributed by atoms with Gasteiger partial charge < -0.3 is 19.0 Å². The standard InChI is InChI=1S/C20H18Cl2FN3O4/c1-29-17-10-16(14(23)9-13(17)22)24-4-6-25(7-5-24)19(27)11-26-15-3-2-12(21)8-18(15)30-20(26)28/h2-3,8-10H,4-7,11H2,1H3. The molecule has 2 aromatic carbocycles. The normalized spacial score (nSPS) is 14.4. The lowest BCUT2D eigenvalue weighted by Crippen LogP contribution is -2.50. The molecule has 30 heavy (non-hydrogen) atoms. The number of aromatic nitrogens is 1. The van der Waals surface area contributed by atoms with Crippen LogP contribution in [0.4, 0.5) is 10.1 Å². The number of piperazine rings is 1. The van der Waals surface area contributed by atoms with Gasteiger partial charge in [-0.1, -0.05) is 23.2 Å². The van der Waals surface area contributed by atoms with Crippen LogP contribution in [0.1, 0.15) is 0 Å². The lowest BCUT2D eigenvalue weighted by atomic mass is 10.2. The second-order valence-electron chi connectivity index (χ2n) is 6.87. The number of amides is 1. The predicted octanol–water partition coefficient (Wildman–Crippen LogP) is 3.40. The van der Waals surface area contributed by atoms with Crippen molar-refractivity contribution >= 4 is 45.9 Å². The highest BCUT2D eigenvalue weighted by Gasteiger charge is 2.25. The Balaban J connectivity index is 1.46. The van der Waals surface area contributed by atoms with Crippen LogP contribution < -0.4 is 15.4 Å². The zero-order valence-corrected chi connectivity index (χ0v) is 17.5. The summed E-state index contributed by atoms with van der Waals surface area (Å²) in [6, 6.07) is 7.58. The zero-order chi connectivity index (χ0) is 21.4. The van der Waals surface area contributed by atoms with Gasteiger partial charge in [-0.15, -0.1) is 0 Å². The number of oxazole rings is 1. The third-order valence-corrected chi connectivity index (χ3v) is 5.65. The van der Waals surface area contributed by atoms with Crippen molar-refractivity contribution in [3.8, 4) is 5.75 Å². The summed E-state index contributed by atoms with van der Waals surface area (Å²) < 4.78 is 26.0. The molecule has 158 valence electrons. The second kappa shape index (κ2) is 8.20. The summed E-state index contributed by atoms with van der Waals surface area (Å²) in [5, 5.41) is 0.642. The molecule has 4 rings (SSSR count). The van der Waals surface area contributed by atoms with Crippen molar-refractivity contribution in [1.82, 2.24) is 9.47 Å². The molecule has 1 fully saturated rings. The highest BCUT2D eigenvalue weighted by atomic mass is 35.5. The van der Waals surface area contributed by atoms with Gasteiger partial charge in [0, 0.05) is 43.3 Å². The lowest BCUT2D eigenvalue weighted by Gasteiger charge is -2.36. The van der Waals surface area contributed by atoms with E-state index < -0.39 is 11.6 Å². The van der Waals surface area contributed by atoms with Crippen molar-refractivity contribution in [1.29, 1.82) is 0 Å². The summed E-state index contributed by atoms with van der Waals surface area (Å²) in [6.45, 7) is 1.50. The summed E-state index contributed by atoms with van der Waals surface area (Å²) in [7, 11) is 1.47. The SMILES string of the molecule is COc1cc(N2CCN(C(=O)Cn3c(=O)oc4cc(Cl)ccc43)CC2)c(F)cc1Cl. The van der Waals surface area contributed by atoms with Gasteiger partial charge >= 0.3 is 5.76 Å². The van der Waals surface area contributed by atoms with E-state index in [0.717, 1.165) is 0 Å². The Labute approximate surface area is 181 Å². The first-order valence-electron chi connectivity index (χ1n) is 9.22. The molecule has 0 unspecified atom stereocenters. The third-order valence-electron chi connectivity index (χ3n) is 5.12. The maximum atomic E-state index is 14.4. The van der Waals surface area contributed by atoms with Crippen LogP contribution in [0.3, 0.4) is 0 Å². The fourth-order valence-corrected chi connectivity index (χ4v) is 3.93. The van der Waals surface area contributed by atoms with Crippen molar-refractivity contribution in [2.24, 2.45) is 0 Å². The van der Waals surface area contributed by atoms with Crippen LogP contribution in [0.5, 0.6) is 5.75 Å². The summed E-state index contributed by atoms with van der Waals surface area (Å²) >= 11 is 11.9. The summed E-state index contributed by atoms with van der Waals surface area (Å²) in [4.78, 5) is 28.4. The summed E-state index contributed by atoms with van der Waals surface area (Å²) in [5.41, 5.74) is 1.21. The Morgan fingerprint density at radius 2 is 1.90 bits per heavy atom. The van der Waals surface area contributed by atoms with Crippen molar-refractivity contribution in [3.05, 3.63) is 56.7 Å². The molecule has 0 spiro atoms.